The average molecular weight is 502 g/mol. The minimum Gasteiger partial charge on any atom is -0.344 e. The molecule has 32 heavy (non-hydrogen) atoms. The van der Waals surface area contributed by atoms with E-state index in [1.807, 2.05) is 37.3 Å². The highest BCUT2D eigenvalue weighted by molar-refractivity contribution is 7.19. The van der Waals surface area contributed by atoms with Crippen LogP contribution in [0.4, 0.5) is 0 Å². The molecule has 4 rings (SSSR count). The molecule has 0 fully saturated rings. The van der Waals surface area contributed by atoms with Crippen molar-refractivity contribution in [1.29, 1.82) is 5.26 Å². The van der Waals surface area contributed by atoms with Gasteiger partial charge in [-0.15, -0.1) is 11.3 Å². The molecule has 0 aliphatic heterocycles. The Hall–Kier alpha value is -2.82. The number of amides is 1. The number of hydrogen-bond donors (Lipinski definition) is 1. The van der Waals surface area contributed by atoms with Crippen molar-refractivity contribution in [1.82, 2.24) is 15.1 Å². The maximum absolute atomic E-state index is 13.2. The fraction of sp³-hybridized carbons (Fsp3) is 0.0870. The highest BCUT2D eigenvalue weighted by Gasteiger charge is 2.27. The lowest BCUT2D eigenvalue weighted by Crippen LogP contribution is -2.27. The zero-order chi connectivity index (χ0) is 22.8. The monoisotopic (exact) mass is 500 g/mol. The minimum absolute atomic E-state index is 0.000759. The molecular weight excluding hydrogens is 487 g/mol. The quantitative estimate of drug-likeness (QED) is 0.322. The second-order valence-electron chi connectivity index (χ2n) is 6.90. The molecule has 4 aromatic rings. The molecule has 2 aromatic carbocycles. The number of carbonyl (C=O) groups excluding carboxylic acids is 1. The molecule has 2 aromatic heterocycles. The van der Waals surface area contributed by atoms with Crippen LogP contribution in [0.25, 0.3) is 16.3 Å². The first-order valence-electron chi connectivity index (χ1n) is 9.49. The molecule has 1 amide bonds. The molecule has 0 saturated carbocycles. The summed E-state index contributed by atoms with van der Waals surface area (Å²) in [5, 5.41) is 18.2. The van der Waals surface area contributed by atoms with E-state index in [0.717, 1.165) is 5.56 Å². The van der Waals surface area contributed by atoms with E-state index in [2.05, 4.69) is 16.5 Å². The Morgan fingerprint density at radius 3 is 2.50 bits per heavy atom. The number of thiophene rings is 1. The van der Waals surface area contributed by atoms with E-state index in [1.165, 1.54) is 16.0 Å². The second-order valence-corrected chi connectivity index (χ2v) is 9.46. The standard InChI is InChI=1S/C23H15Cl3N4OS/c1-13(14-5-3-2-4-6-14)28-23(31)21-16(12-27)22(19-9-10-20(26)32-19)30(29-21)18-8-7-15(24)11-17(18)25/h2-11,13H,1H3,(H,28,31)/t13-/m0/s1. The number of carbonyl (C=O) groups is 1. The van der Waals surface area contributed by atoms with Gasteiger partial charge < -0.3 is 5.32 Å². The van der Waals surface area contributed by atoms with Crippen molar-refractivity contribution in [2.24, 2.45) is 0 Å². The molecule has 0 radical (unpaired) electrons. The van der Waals surface area contributed by atoms with Crippen molar-refractivity contribution in [2.75, 3.05) is 0 Å². The van der Waals surface area contributed by atoms with Crippen molar-refractivity contribution in [3.63, 3.8) is 0 Å². The van der Waals surface area contributed by atoms with Crippen LogP contribution >= 0.6 is 46.1 Å². The zero-order valence-corrected chi connectivity index (χ0v) is 19.7. The Labute approximate surface area is 203 Å². The first-order valence-corrected chi connectivity index (χ1v) is 11.4. The molecule has 5 nitrogen and oxygen atoms in total. The van der Waals surface area contributed by atoms with Gasteiger partial charge in [0, 0.05) is 5.02 Å². The number of nitrogens with zero attached hydrogens (tertiary/aromatic N) is 3. The van der Waals surface area contributed by atoms with Crippen LogP contribution < -0.4 is 5.32 Å². The molecular formula is C23H15Cl3N4OS. The van der Waals surface area contributed by atoms with Gasteiger partial charge in [-0.2, -0.15) is 10.4 Å². The molecule has 0 bridgehead atoms. The van der Waals surface area contributed by atoms with E-state index in [1.54, 1.807) is 30.3 Å². The predicted molar refractivity (Wildman–Crippen MR) is 129 cm³/mol. The number of halogens is 3. The van der Waals surface area contributed by atoms with Crippen molar-refractivity contribution >= 4 is 52.0 Å². The Morgan fingerprint density at radius 1 is 1.12 bits per heavy atom. The molecule has 1 atom stereocenters. The Kier molecular flexibility index (Phi) is 6.54. The van der Waals surface area contributed by atoms with Crippen molar-refractivity contribution in [3.05, 3.63) is 91.9 Å². The van der Waals surface area contributed by atoms with E-state index in [0.29, 0.717) is 30.6 Å². The Bertz CT molecular complexity index is 1340. The van der Waals surface area contributed by atoms with Gasteiger partial charge in [-0.25, -0.2) is 4.68 Å². The van der Waals surface area contributed by atoms with Crippen LogP contribution in [-0.2, 0) is 0 Å². The first-order chi connectivity index (χ1) is 15.4. The SMILES string of the molecule is C[C@H](NC(=O)c1nn(-c2ccc(Cl)cc2Cl)c(-c2ccc(Cl)s2)c1C#N)c1ccccc1. The molecule has 0 aliphatic rings. The second kappa shape index (κ2) is 9.35. The van der Waals surface area contributed by atoms with Gasteiger partial charge >= 0.3 is 0 Å². The summed E-state index contributed by atoms with van der Waals surface area (Å²) in [6.45, 7) is 1.87. The minimum atomic E-state index is -0.467. The van der Waals surface area contributed by atoms with Crippen LogP contribution in [0.3, 0.4) is 0 Å². The molecule has 0 spiro atoms. The summed E-state index contributed by atoms with van der Waals surface area (Å²) in [5.41, 5.74) is 1.99. The topological polar surface area (TPSA) is 70.7 Å². The van der Waals surface area contributed by atoms with Crippen LogP contribution in [-0.4, -0.2) is 15.7 Å². The van der Waals surface area contributed by atoms with Gasteiger partial charge in [0.25, 0.3) is 5.91 Å². The molecule has 0 aliphatic carbocycles. The number of nitrogens with one attached hydrogen (secondary N) is 1. The molecule has 9 heteroatoms. The van der Waals surface area contributed by atoms with Gasteiger partial charge in [-0.1, -0.05) is 65.1 Å². The van der Waals surface area contributed by atoms with E-state index in [-0.39, 0.29) is 17.3 Å². The van der Waals surface area contributed by atoms with Crippen molar-refractivity contribution in [3.8, 4) is 22.3 Å². The van der Waals surface area contributed by atoms with E-state index in [4.69, 9.17) is 34.8 Å². The molecule has 0 unspecified atom stereocenters. The predicted octanol–water partition coefficient (Wildman–Crippen LogP) is 6.92. The van der Waals surface area contributed by atoms with Crippen LogP contribution in [0.5, 0.6) is 0 Å². The fourth-order valence-corrected chi connectivity index (χ4v) is 4.84. The van der Waals surface area contributed by atoms with Gasteiger partial charge in [0.15, 0.2) is 5.69 Å². The van der Waals surface area contributed by atoms with Gasteiger partial charge in [0.05, 0.1) is 26.0 Å². The lowest BCUT2D eigenvalue weighted by molar-refractivity contribution is 0.0934. The third kappa shape index (κ3) is 4.38. The zero-order valence-electron chi connectivity index (χ0n) is 16.6. The lowest BCUT2D eigenvalue weighted by Gasteiger charge is -2.13. The van der Waals surface area contributed by atoms with Crippen LogP contribution in [0, 0.1) is 11.3 Å². The van der Waals surface area contributed by atoms with Crippen LogP contribution in [0.1, 0.15) is 34.6 Å². The number of benzene rings is 2. The fourth-order valence-electron chi connectivity index (χ4n) is 3.27. The molecule has 160 valence electrons. The highest BCUT2D eigenvalue weighted by Crippen LogP contribution is 2.37. The van der Waals surface area contributed by atoms with Gasteiger partial charge in [0.2, 0.25) is 0 Å². The molecule has 2 heterocycles. The summed E-state index contributed by atoms with van der Waals surface area (Å²) in [6.07, 6.45) is 0. The summed E-state index contributed by atoms with van der Waals surface area (Å²) in [4.78, 5) is 13.8. The van der Waals surface area contributed by atoms with Gasteiger partial charge in [-0.3, -0.25) is 4.79 Å². The lowest BCUT2D eigenvalue weighted by atomic mass is 10.1. The maximum Gasteiger partial charge on any atom is 0.273 e. The largest absolute Gasteiger partial charge is 0.344 e. The third-order valence-corrected chi connectivity index (χ3v) is 6.58. The van der Waals surface area contributed by atoms with E-state index in [9.17, 15) is 10.1 Å². The highest BCUT2D eigenvalue weighted by atomic mass is 35.5. The number of hydrogen-bond acceptors (Lipinski definition) is 4. The summed E-state index contributed by atoms with van der Waals surface area (Å²) >= 11 is 19.9. The summed E-state index contributed by atoms with van der Waals surface area (Å²) in [6, 6.07) is 19.8. The Morgan fingerprint density at radius 2 is 1.88 bits per heavy atom. The first kappa shape index (κ1) is 22.4. The number of aromatic nitrogens is 2. The van der Waals surface area contributed by atoms with Crippen LogP contribution in [0.15, 0.2) is 60.7 Å². The van der Waals surface area contributed by atoms with Crippen molar-refractivity contribution < 1.29 is 4.79 Å². The molecule has 1 N–H and O–H groups in total. The normalized spacial score (nSPS) is 11.7. The smallest absolute Gasteiger partial charge is 0.273 e. The Balaban J connectivity index is 1.84. The summed E-state index contributed by atoms with van der Waals surface area (Å²) < 4.78 is 2.03. The maximum atomic E-state index is 13.2. The van der Waals surface area contributed by atoms with Gasteiger partial charge in [-0.05, 0) is 42.8 Å². The summed E-state index contributed by atoms with van der Waals surface area (Å²) in [7, 11) is 0. The van der Waals surface area contributed by atoms with Gasteiger partial charge in [0.1, 0.15) is 17.3 Å². The number of nitriles is 1. The average Bonchev–Trinajstić information content (AvgIpc) is 3.37. The third-order valence-electron chi connectivity index (χ3n) is 4.80. The van der Waals surface area contributed by atoms with E-state index < -0.39 is 5.91 Å². The number of rotatable bonds is 5. The van der Waals surface area contributed by atoms with Crippen LogP contribution in [0.2, 0.25) is 14.4 Å². The van der Waals surface area contributed by atoms with Crippen molar-refractivity contribution in [2.45, 2.75) is 13.0 Å². The molecule has 0 saturated heterocycles. The summed E-state index contributed by atoms with van der Waals surface area (Å²) in [5.74, 6) is -0.467. The van der Waals surface area contributed by atoms with E-state index >= 15 is 0 Å².